The Kier molecular flexibility index (Phi) is 9.70. The largest absolute Gasteiger partial charge is 0.493 e. The second-order valence-corrected chi connectivity index (χ2v) is 9.18. The van der Waals surface area contributed by atoms with Gasteiger partial charge in [-0.15, -0.1) is 0 Å². The van der Waals surface area contributed by atoms with Gasteiger partial charge in [-0.2, -0.15) is 0 Å². The van der Waals surface area contributed by atoms with E-state index in [4.69, 9.17) is 21.1 Å². The molecule has 4 aromatic carbocycles. The molecule has 206 valence electrons. The molecule has 0 atom stereocenters. The van der Waals surface area contributed by atoms with Crippen LogP contribution in [0.5, 0.6) is 11.5 Å². The third kappa shape index (κ3) is 7.71. The molecule has 0 fully saturated rings. The number of hydrogen-bond acceptors (Lipinski definition) is 5. The molecule has 0 unspecified atom stereocenters. The van der Waals surface area contributed by atoms with E-state index in [9.17, 15) is 14.4 Å². The molecule has 7 nitrogen and oxygen atoms in total. The van der Waals surface area contributed by atoms with Gasteiger partial charge in [-0.3, -0.25) is 14.4 Å². The van der Waals surface area contributed by atoms with Gasteiger partial charge in [0.1, 0.15) is 5.70 Å². The molecule has 0 heterocycles. The Morgan fingerprint density at radius 2 is 1.46 bits per heavy atom. The van der Waals surface area contributed by atoms with Gasteiger partial charge in [-0.25, -0.2) is 0 Å². The lowest BCUT2D eigenvalue weighted by Gasteiger charge is -2.12. The molecule has 0 aliphatic rings. The van der Waals surface area contributed by atoms with Crippen LogP contribution in [-0.2, 0) is 4.79 Å². The molecular weight excluding hydrogens is 540 g/mol. The summed E-state index contributed by atoms with van der Waals surface area (Å²) in [5, 5.41) is 6.01. The van der Waals surface area contributed by atoms with E-state index in [1.165, 1.54) is 13.2 Å². The van der Waals surface area contributed by atoms with Crippen LogP contribution in [0.2, 0.25) is 5.02 Å². The fourth-order valence-corrected chi connectivity index (χ4v) is 4.02. The number of amides is 2. The highest BCUT2D eigenvalue weighted by Gasteiger charge is 2.15. The van der Waals surface area contributed by atoms with E-state index < -0.39 is 11.8 Å². The molecule has 0 radical (unpaired) electrons. The second kappa shape index (κ2) is 13.8. The summed E-state index contributed by atoms with van der Waals surface area (Å²) in [4.78, 5) is 38.8. The number of carbonyl (C=O) groups is 3. The molecule has 8 heteroatoms. The van der Waals surface area contributed by atoms with Gasteiger partial charge in [-0.1, -0.05) is 54.1 Å². The van der Waals surface area contributed by atoms with Crippen molar-refractivity contribution in [2.45, 2.75) is 0 Å². The highest BCUT2D eigenvalue weighted by molar-refractivity contribution is 6.30. The van der Waals surface area contributed by atoms with Crippen LogP contribution in [0.1, 0.15) is 31.8 Å². The summed E-state index contributed by atoms with van der Waals surface area (Å²) in [6, 6.07) is 27.3. The van der Waals surface area contributed by atoms with Gasteiger partial charge in [0.15, 0.2) is 17.3 Å². The summed E-state index contributed by atoms with van der Waals surface area (Å²) >= 11 is 5.99. The Bertz CT molecular complexity index is 1600. The Balaban J connectivity index is 1.49. The molecule has 0 aliphatic carbocycles. The Hall–Kier alpha value is -5.14. The Labute approximate surface area is 243 Å². The van der Waals surface area contributed by atoms with Crippen LogP contribution < -0.4 is 20.1 Å². The zero-order chi connectivity index (χ0) is 29.2. The predicted molar refractivity (Wildman–Crippen MR) is 161 cm³/mol. The molecular formula is C33H27ClN2O5. The molecule has 0 spiro atoms. The second-order valence-electron chi connectivity index (χ2n) is 8.74. The number of para-hydroxylation sites is 1. The maximum Gasteiger partial charge on any atom is 0.272 e. The topological polar surface area (TPSA) is 93.7 Å². The molecule has 2 amide bonds. The van der Waals surface area contributed by atoms with Gasteiger partial charge >= 0.3 is 0 Å². The Morgan fingerprint density at radius 3 is 2.12 bits per heavy atom. The first-order chi connectivity index (χ1) is 19.9. The summed E-state index contributed by atoms with van der Waals surface area (Å²) < 4.78 is 10.7. The van der Waals surface area contributed by atoms with Crippen molar-refractivity contribution in [1.82, 2.24) is 5.32 Å². The van der Waals surface area contributed by atoms with Gasteiger partial charge in [-0.05, 0) is 78.4 Å². The first-order valence-corrected chi connectivity index (χ1v) is 12.9. The minimum absolute atomic E-state index is 0.0384. The van der Waals surface area contributed by atoms with Crippen LogP contribution in [-0.4, -0.2) is 31.8 Å². The van der Waals surface area contributed by atoms with Crippen LogP contribution in [0, 0.1) is 0 Å². The van der Waals surface area contributed by atoms with Crippen molar-refractivity contribution >= 4 is 47.0 Å². The van der Waals surface area contributed by atoms with Crippen molar-refractivity contribution in [3.8, 4) is 11.5 Å². The smallest absolute Gasteiger partial charge is 0.272 e. The lowest BCUT2D eigenvalue weighted by Crippen LogP contribution is -2.30. The van der Waals surface area contributed by atoms with Crippen LogP contribution in [0.4, 0.5) is 5.69 Å². The number of halogens is 1. The molecule has 4 aromatic rings. The van der Waals surface area contributed by atoms with E-state index in [0.29, 0.717) is 44.5 Å². The van der Waals surface area contributed by atoms with E-state index in [-0.39, 0.29) is 11.5 Å². The van der Waals surface area contributed by atoms with Crippen LogP contribution in [0.3, 0.4) is 0 Å². The van der Waals surface area contributed by atoms with E-state index in [1.54, 1.807) is 110 Å². The summed E-state index contributed by atoms with van der Waals surface area (Å²) in [7, 11) is 3.08. The highest BCUT2D eigenvalue weighted by atomic mass is 35.5. The molecule has 0 bridgehead atoms. The minimum atomic E-state index is -0.534. The quantitative estimate of drug-likeness (QED) is 0.165. The van der Waals surface area contributed by atoms with Crippen molar-refractivity contribution in [2.75, 3.05) is 19.5 Å². The number of rotatable bonds is 10. The van der Waals surface area contributed by atoms with Crippen molar-refractivity contribution in [1.29, 1.82) is 0 Å². The van der Waals surface area contributed by atoms with E-state index in [2.05, 4.69) is 10.6 Å². The lowest BCUT2D eigenvalue weighted by molar-refractivity contribution is -0.113. The molecule has 0 aromatic heterocycles. The van der Waals surface area contributed by atoms with Crippen molar-refractivity contribution in [3.63, 3.8) is 0 Å². The minimum Gasteiger partial charge on any atom is -0.493 e. The molecule has 41 heavy (non-hydrogen) atoms. The number of allylic oxidation sites excluding steroid dienone is 1. The number of hydrogen-bond donors (Lipinski definition) is 2. The van der Waals surface area contributed by atoms with Crippen LogP contribution in [0.25, 0.3) is 12.2 Å². The number of nitrogens with one attached hydrogen (secondary N) is 2. The standard InChI is InChI=1S/C33H27ClN2O5/c1-40-30-10-6-9-24(31(30)41-2)15-20-29(37)23-13-18-27(19-14-23)35-33(39)28(21-22-11-16-26(34)17-12-22)36-32(38)25-7-4-3-5-8-25/h3-21H,1-2H3,(H,35,39)(H,36,38)/b20-15+,28-21-. The average molecular weight is 567 g/mol. The van der Waals surface area contributed by atoms with Gasteiger partial charge in [0.05, 0.1) is 14.2 Å². The average Bonchev–Trinajstić information content (AvgIpc) is 3.01. The number of ether oxygens (including phenoxy) is 2. The number of carbonyl (C=O) groups excluding carboxylic acids is 3. The van der Waals surface area contributed by atoms with Crippen LogP contribution in [0.15, 0.2) is 109 Å². The summed E-state index contributed by atoms with van der Waals surface area (Å²) in [6.07, 6.45) is 4.65. The SMILES string of the molecule is COc1cccc(/C=C/C(=O)c2ccc(NC(=O)/C(=C/c3ccc(Cl)cc3)NC(=O)c3ccccc3)cc2)c1OC. The number of anilines is 1. The predicted octanol–water partition coefficient (Wildman–Crippen LogP) is 6.66. The van der Waals surface area contributed by atoms with Crippen LogP contribution >= 0.6 is 11.6 Å². The van der Waals surface area contributed by atoms with Gasteiger partial charge in [0.2, 0.25) is 0 Å². The summed E-state index contributed by atoms with van der Waals surface area (Å²) in [5.41, 5.74) is 2.69. The van der Waals surface area contributed by atoms with E-state index in [1.807, 2.05) is 6.07 Å². The summed E-state index contributed by atoms with van der Waals surface area (Å²) in [5.74, 6) is -0.105. The number of ketones is 1. The van der Waals surface area contributed by atoms with E-state index >= 15 is 0 Å². The highest BCUT2D eigenvalue weighted by Crippen LogP contribution is 2.31. The normalized spacial score (nSPS) is 11.1. The van der Waals surface area contributed by atoms with Crippen molar-refractivity contribution in [2.24, 2.45) is 0 Å². The molecule has 4 rings (SSSR count). The number of methoxy groups -OCH3 is 2. The Morgan fingerprint density at radius 1 is 0.756 bits per heavy atom. The van der Waals surface area contributed by atoms with Gasteiger partial charge in [0, 0.05) is 27.4 Å². The fourth-order valence-electron chi connectivity index (χ4n) is 3.89. The fraction of sp³-hybridized carbons (Fsp3) is 0.0606. The monoisotopic (exact) mass is 566 g/mol. The maximum atomic E-state index is 13.2. The van der Waals surface area contributed by atoms with Crippen molar-refractivity contribution < 1.29 is 23.9 Å². The zero-order valence-electron chi connectivity index (χ0n) is 22.4. The zero-order valence-corrected chi connectivity index (χ0v) is 23.1. The molecule has 0 saturated carbocycles. The third-order valence-electron chi connectivity index (χ3n) is 5.98. The lowest BCUT2D eigenvalue weighted by atomic mass is 10.1. The molecule has 0 aliphatic heterocycles. The molecule has 2 N–H and O–H groups in total. The maximum absolute atomic E-state index is 13.2. The first kappa shape index (κ1) is 28.9. The van der Waals surface area contributed by atoms with E-state index in [0.717, 1.165) is 0 Å². The van der Waals surface area contributed by atoms with Gasteiger partial charge in [0.25, 0.3) is 11.8 Å². The third-order valence-corrected chi connectivity index (χ3v) is 6.24. The molecule has 0 saturated heterocycles. The summed E-state index contributed by atoms with van der Waals surface area (Å²) in [6.45, 7) is 0. The van der Waals surface area contributed by atoms with Crippen molar-refractivity contribution in [3.05, 3.63) is 136 Å². The first-order valence-electron chi connectivity index (χ1n) is 12.6. The number of benzene rings is 4. The van der Waals surface area contributed by atoms with Gasteiger partial charge < -0.3 is 20.1 Å².